The first kappa shape index (κ1) is 17.5. The molecule has 132 valence electrons. The van der Waals surface area contributed by atoms with E-state index in [1.165, 1.54) is 6.07 Å². The summed E-state index contributed by atoms with van der Waals surface area (Å²) in [7, 11) is 0. The summed E-state index contributed by atoms with van der Waals surface area (Å²) in [5, 5.41) is 12.7. The van der Waals surface area contributed by atoms with Crippen molar-refractivity contribution >= 4 is 11.6 Å². The molecule has 2 heterocycles. The summed E-state index contributed by atoms with van der Waals surface area (Å²) in [6.45, 7) is 2.81. The summed E-state index contributed by atoms with van der Waals surface area (Å²) in [6, 6.07) is 4.67. The SMILES string of the molecule is CCCCCc1nc(Cn2ccnn2)n(Cc2c(F)cccc2Cl)n1. The van der Waals surface area contributed by atoms with Crippen LogP contribution in [0, 0.1) is 5.82 Å². The van der Waals surface area contributed by atoms with Crippen LogP contribution in [0.1, 0.15) is 43.4 Å². The Balaban J connectivity index is 1.87. The molecule has 6 nitrogen and oxygen atoms in total. The van der Waals surface area contributed by atoms with Gasteiger partial charge in [-0.25, -0.2) is 18.7 Å². The van der Waals surface area contributed by atoms with Gasteiger partial charge in [0.15, 0.2) is 5.82 Å². The van der Waals surface area contributed by atoms with Crippen molar-refractivity contribution in [2.24, 2.45) is 0 Å². The van der Waals surface area contributed by atoms with Crippen molar-refractivity contribution in [3.63, 3.8) is 0 Å². The summed E-state index contributed by atoms with van der Waals surface area (Å²) in [4.78, 5) is 4.61. The van der Waals surface area contributed by atoms with Crippen molar-refractivity contribution in [1.29, 1.82) is 0 Å². The Labute approximate surface area is 150 Å². The highest BCUT2D eigenvalue weighted by Gasteiger charge is 2.15. The van der Waals surface area contributed by atoms with Gasteiger partial charge in [-0.3, -0.25) is 0 Å². The maximum Gasteiger partial charge on any atom is 0.151 e. The first-order valence-electron chi connectivity index (χ1n) is 8.37. The molecule has 2 aromatic heterocycles. The third-order valence-corrected chi connectivity index (χ3v) is 4.30. The molecule has 3 rings (SSSR count). The minimum atomic E-state index is -0.345. The second-order valence-electron chi connectivity index (χ2n) is 5.86. The quantitative estimate of drug-likeness (QED) is 0.575. The molecule has 8 heteroatoms. The minimum Gasteiger partial charge on any atom is -0.245 e. The Hall–Kier alpha value is -2.28. The van der Waals surface area contributed by atoms with Crippen molar-refractivity contribution < 1.29 is 4.39 Å². The predicted molar refractivity (Wildman–Crippen MR) is 92.9 cm³/mol. The zero-order valence-corrected chi connectivity index (χ0v) is 14.8. The van der Waals surface area contributed by atoms with Gasteiger partial charge in [0.2, 0.25) is 0 Å². The maximum absolute atomic E-state index is 14.1. The summed E-state index contributed by atoms with van der Waals surface area (Å²) >= 11 is 6.15. The number of halogens is 2. The molecule has 0 saturated carbocycles. The van der Waals surface area contributed by atoms with E-state index in [0.29, 0.717) is 23.0 Å². The van der Waals surface area contributed by atoms with Crippen molar-refractivity contribution in [3.05, 3.63) is 58.6 Å². The molecule has 1 aromatic carbocycles. The molecule has 25 heavy (non-hydrogen) atoms. The van der Waals surface area contributed by atoms with E-state index in [4.69, 9.17) is 11.6 Å². The van der Waals surface area contributed by atoms with Crippen molar-refractivity contribution in [3.8, 4) is 0 Å². The molecule has 0 aliphatic heterocycles. The van der Waals surface area contributed by atoms with Crippen LogP contribution in [-0.4, -0.2) is 29.8 Å². The third kappa shape index (κ3) is 4.42. The fourth-order valence-electron chi connectivity index (χ4n) is 2.60. The van der Waals surface area contributed by atoms with Gasteiger partial charge in [0.05, 0.1) is 12.7 Å². The average Bonchev–Trinajstić information content (AvgIpc) is 3.22. The molecule has 0 fully saturated rings. The number of hydrogen-bond acceptors (Lipinski definition) is 4. The molecule has 0 spiro atoms. The number of aryl methyl sites for hydroxylation is 1. The highest BCUT2D eigenvalue weighted by atomic mass is 35.5. The molecule has 0 saturated heterocycles. The number of rotatable bonds is 8. The number of benzene rings is 1. The molecule has 0 radical (unpaired) electrons. The van der Waals surface area contributed by atoms with E-state index in [0.717, 1.165) is 31.5 Å². The third-order valence-electron chi connectivity index (χ3n) is 3.94. The van der Waals surface area contributed by atoms with E-state index in [1.807, 2.05) is 0 Å². The van der Waals surface area contributed by atoms with Crippen LogP contribution in [0.3, 0.4) is 0 Å². The van der Waals surface area contributed by atoms with E-state index in [2.05, 4.69) is 27.3 Å². The Bertz CT molecular complexity index is 794. The minimum absolute atomic E-state index is 0.232. The zero-order chi connectivity index (χ0) is 17.6. The van der Waals surface area contributed by atoms with Gasteiger partial charge in [-0.1, -0.05) is 42.6 Å². The standard InChI is InChI=1S/C17H20ClFN6/c1-2-3-4-8-16-21-17(12-24-10-9-20-23-24)25(22-16)11-13-14(18)6-5-7-15(13)19/h5-7,9-10H,2-4,8,11-12H2,1H3. The van der Waals surface area contributed by atoms with Gasteiger partial charge in [-0.2, -0.15) is 5.10 Å². The lowest BCUT2D eigenvalue weighted by Crippen LogP contribution is -2.12. The van der Waals surface area contributed by atoms with Gasteiger partial charge in [0.25, 0.3) is 0 Å². The largest absolute Gasteiger partial charge is 0.245 e. The molecule has 0 unspecified atom stereocenters. The molecule has 0 bridgehead atoms. The Kier molecular flexibility index (Phi) is 5.75. The summed E-state index contributed by atoms with van der Waals surface area (Å²) in [5.41, 5.74) is 0.411. The number of aromatic nitrogens is 6. The predicted octanol–water partition coefficient (Wildman–Crippen LogP) is 3.49. The van der Waals surface area contributed by atoms with Gasteiger partial charge in [-0.15, -0.1) is 5.10 Å². The molecule has 0 N–H and O–H groups in total. The number of nitrogens with zero attached hydrogens (tertiary/aromatic N) is 6. The second kappa shape index (κ2) is 8.20. The lowest BCUT2D eigenvalue weighted by molar-refractivity contribution is 0.545. The lowest BCUT2D eigenvalue weighted by atomic mass is 10.2. The van der Waals surface area contributed by atoms with E-state index in [1.54, 1.807) is 33.9 Å². The topological polar surface area (TPSA) is 61.4 Å². The smallest absolute Gasteiger partial charge is 0.151 e. The van der Waals surface area contributed by atoms with Crippen LogP contribution in [0.5, 0.6) is 0 Å². The van der Waals surface area contributed by atoms with Gasteiger partial charge in [-0.05, 0) is 18.6 Å². The van der Waals surface area contributed by atoms with Gasteiger partial charge in [0, 0.05) is 23.2 Å². The highest BCUT2D eigenvalue weighted by molar-refractivity contribution is 6.31. The molecular weight excluding hydrogens is 343 g/mol. The molecule has 0 amide bonds. The van der Waals surface area contributed by atoms with Crippen LogP contribution in [0.2, 0.25) is 5.02 Å². The van der Waals surface area contributed by atoms with Crippen LogP contribution in [0.15, 0.2) is 30.6 Å². The van der Waals surface area contributed by atoms with E-state index < -0.39 is 0 Å². The van der Waals surface area contributed by atoms with Crippen LogP contribution >= 0.6 is 11.6 Å². The average molecular weight is 363 g/mol. The zero-order valence-electron chi connectivity index (χ0n) is 14.1. The van der Waals surface area contributed by atoms with E-state index in [9.17, 15) is 4.39 Å². The van der Waals surface area contributed by atoms with Crippen LogP contribution in [0.25, 0.3) is 0 Å². The van der Waals surface area contributed by atoms with E-state index >= 15 is 0 Å². The van der Waals surface area contributed by atoms with Crippen molar-refractivity contribution in [2.45, 2.75) is 45.7 Å². The molecule has 0 atom stereocenters. The second-order valence-corrected chi connectivity index (χ2v) is 6.27. The summed E-state index contributed by atoms with van der Waals surface area (Å²) in [6.07, 6.45) is 7.46. The fraction of sp³-hybridized carbons (Fsp3) is 0.412. The fourth-order valence-corrected chi connectivity index (χ4v) is 2.83. The normalized spacial score (nSPS) is 11.2. The van der Waals surface area contributed by atoms with Crippen LogP contribution < -0.4 is 0 Å². The maximum atomic E-state index is 14.1. The molecule has 0 aliphatic carbocycles. The van der Waals surface area contributed by atoms with Crippen LogP contribution in [0.4, 0.5) is 4.39 Å². The van der Waals surface area contributed by atoms with Gasteiger partial charge >= 0.3 is 0 Å². The summed E-state index contributed by atoms with van der Waals surface area (Å²) < 4.78 is 17.5. The molecule has 3 aromatic rings. The number of unbranched alkanes of at least 4 members (excludes halogenated alkanes) is 2. The lowest BCUT2D eigenvalue weighted by Gasteiger charge is -2.08. The van der Waals surface area contributed by atoms with Crippen LogP contribution in [-0.2, 0) is 19.5 Å². The highest BCUT2D eigenvalue weighted by Crippen LogP contribution is 2.20. The summed E-state index contributed by atoms with van der Waals surface area (Å²) in [5.74, 6) is 1.12. The monoisotopic (exact) mass is 362 g/mol. The molecule has 0 aliphatic rings. The Morgan fingerprint density at radius 1 is 1.20 bits per heavy atom. The molecular formula is C17H20ClFN6. The van der Waals surface area contributed by atoms with Crippen molar-refractivity contribution in [1.82, 2.24) is 29.8 Å². The first-order chi connectivity index (χ1) is 12.2. The van der Waals surface area contributed by atoms with Crippen molar-refractivity contribution in [2.75, 3.05) is 0 Å². The van der Waals surface area contributed by atoms with E-state index in [-0.39, 0.29) is 12.4 Å². The Morgan fingerprint density at radius 3 is 2.80 bits per heavy atom. The Morgan fingerprint density at radius 2 is 2.08 bits per heavy atom. The van der Waals surface area contributed by atoms with Gasteiger partial charge < -0.3 is 0 Å². The van der Waals surface area contributed by atoms with Gasteiger partial charge in [0.1, 0.15) is 18.2 Å². The first-order valence-corrected chi connectivity index (χ1v) is 8.74. The number of hydrogen-bond donors (Lipinski definition) is 0.